The highest BCUT2D eigenvalue weighted by Gasteiger charge is 2.78. The third-order valence-corrected chi connectivity index (χ3v) is 9.79. The summed E-state index contributed by atoms with van der Waals surface area (Å²) in [4.78, 5) is 52.1. The molecule has 218 valence electrons. The number of esters is 3. The number of rotatable bonds is 6. The largest absolute Gasteiger partial charge is 0.461 e. The second-order valence-corrected chi connectivity index (χ2v) is 12.0. The topological polar surface area (TPSA) is 136 Å². The molecule has 2 fully saturated rings. The summed E-state index contributed by atoms with van der Waals surface area (Å²) in [7, 11) is 0. The number of hydrogen-bond donors (Lipinski definition) is 2. The summed E-state index contributed by atoms with van der Waals surface area (Å²) < 4.78 is 17.0. The average molecular weight is 557 g/mol. The van der Waals surface area contributed by atoms with Crippen LogP contribution in [0, 0.1) is 29.1 Å². The van der Waals surface area contributed by atoms with E-state index in [9.17, 15) is 29.4 Å². The Kier molecular flexibility index (Phi) is 7.56. The van der Waals surface area contributed by atoms with Crippen molar-refractivity contribution in [2.24, 2.45) is 29.1 Å². The molecule has 9 heteroatoms. The van der Waals surface area contributed by atoms with Gasteiger partial charge in [0, 0.05) is 35.8 Å². The predicted molar refractivity (Wildman–Crippen MR) is 144 cm³/mol. The average Bonchev–Trinajstić information content (AvgIpc) is 3.42. The maximum atomic E-state index is 14.7. The van der Waals surface area contributed by atoms with Gasteiger partial charge in [0.25, 0.3) is 0 Å². The third kappa shape index (κ3) is 4.12. The maximum Gasteiger partial charge on any atom is 0.334 e. The minimum absolute atomic E-state index is 0.128. The van der Waals surface area contributed by atoms with Gasteiger partial charge in [-0.1, -0.05) is 31.2 Å². The van der Waals surface area contributed by atoms with E-state index in [4.69, 9.17) is 14.2 Å². The van der Waals surface area contributed by atoms with Crippen molar-refractivity contribution in [1.29, 1.82) is 0 Å². The van der Waals surface area contributed by atoms with Gasteiger partial charge >= 0.3 is 17.9 Å². The van der Waals surface area contributed by atoms with E-state index in [2.05, 4.69) is 0 Å². The second kappa shape index (κ2) is 10.1. The molecule has 2 N–H and O–H groups in total. The highest BCUT2D eigenvalue weighted by Crippen LogP contribution is 2.69. The number of aliphatic hydroxyl groups excluding tert-OH is 1. The van der Waals surface area contributed by atoms with Gasteiger partial charge in [-0.3, -0.25) is 9.59 Å². The molecule has 0 aliphatic heterocycles. The van der Waals surface area contributed by atoms with E-state index in [1.807, 2.05) is 13.8 Å². The molecule has 40 heavy (non-hydrogen) atoms. The molecular weight excluding hydrogens is 516 g/mol. The lowest BCUT2D eigenvalue weighted by Gasteiger charge is -2.48. The number of allylic oxidation sites excluding steroid dienone is 3. The Bertz CT molecular complexity index is 1270. The quantitative estimate of drug-likeness (QED) is 0.219. The summed E-state index contributed by atoms with van der Waals surface area (Å²) in [5, 5.41) is 24.4. The van der Waals surface area contributed by atoms with Crippen molar-refractivity contribution in [2.75, 3.05) is 6.61 Å². The SMILES string of the molecule is CC=C(C)C(=O)O[C@H]1C(C)=C[C@]23C(=O)[C@@H](C=C(COC(C)=O)[C@@H](O)[C@]12O)[C@H]1[C@@H](C[C@H]3C)[C@@]1(C)OC(=O)C(C)=CC. The van der Waals surface area contributed by atoms with E-state index in [-0.39, 0.29) is 23.9 Å². The summed E-state index contributed by atoms with van der Waals surface area (Å²) in [6, 6.07) is 0. The molecule has 0 aromatic carbocycles. The number of carbonyl (C=O) groups excluding carboxylic acids is 4. The molecule has 2 saturated carbocycles. The van der Waals surface area contributed by atoms with Crippen molar-refractivity contribution in [3.8, 4) is 0 Å². The van der Waals surface area contributed by atoms with Crippen molar-refractivity contribution in [3.63, 3.8) is 0 Å². The summed E-state index contributed by atoms with van der Waals surface area (Å²) >= 11 is 0. The Morgan fingerprint density at radius 2 is 1.70 bits per heavy atom. The Hall–Kier alpha value is -3.04. The van der Waals surface area contributed by atoms with E-state index < -0.39 is 64.5 Å². The molecule has 0 aromatic rings. The van der Waals surface area contributed by atoms with Crippen LogP contribution < -0.4 is 0 Å². The zero-order valence-electron chi connectivity index (χ0n) is 24.4. The first-order valence-corrected chi connectivity index (χ1v) is 13.8. The minimum atomic E-state index is -2.26. The Labute approximate surface area is 234 Å². The summed E-state index contributed by atoms with van der Waals surface area (Å²) in [5.74, 6) is -4.10. The Morgan fingerprint density at radius 3 is 2.27 bits per heavy atom. The zero-order valence-corrected chi connectivity index (χ0v) is 24.4. The molecule has 0 unspecified atom stereocenters. The van der Waals surface area contributed by atoms with Crippen molar-refractivity contribution >= 4 is 23.7 Å². The first-order valence-electron chi connectivity index (χ1n) is 13.8. The number of hydrogen-bond acceptors (Lipinski definition) is 9. The number of fused-ring (bicyclic) bond motifs is 3. The van der Waals surface area contributed by atoms with Crippen molar-refractivity contribution in [3.05, 3.63) is 46.6 Å². The highest BCUT2D eigenvalue weighted by atomic mass is 16.6. The summed E-state index contributed by atoms with van der Waals surface area (Å²) in [6.07, 6.45) is 3.85. The molecule has 4 aliphatic carbocycles. The fraction of sp³-hybridized carbons (Fsp3) is 0.613. The Balaban J connectivity index is 1.87. The van der Waals surface area contributed by atoms with Crippen LogP contribution in [0.5, 0.6) is 0 Å². The molecule has 4 rings (SSSR count). The van der Waals surface area contributed by atoms with Gasteiger partial charge in [-0.05, 0) is 65.0 Å². The highest BCUT2D eigenvalue weighted by molar-refractivity contribution is 5.96. The number of ketones is 1. The smallest absolute Gasteiger partial charge is 0.334 e. The summed E-state index contributed by atoms with van der Waals surface area (Å²) in [5.41, 5.74) is -3.48. The van der Waals surface area contributed by atoms with E-state index in [0.29, 0.717) is 23.1 Å². The standard InChI is InChI=1S/C31H40O9/c1-9-15(3)27(35)39-26-17(5)13-30-18(6)11-22-23(29(22,8)40-28(36)16(4)10-2)21(25(30)34)12-20(14-38-19(7)32)24(33)31(26,30)37/h9-10,12-13,18,21-24,26,33,37H,11,14H2,1-8H3/t18-,21+,22-,23+,24-,26+,29-,30+,31+/m1/s1. The molecule has 4 aliphatic rings. The zero-order chi connectivity index (χ0) is 29.9. The molecule has 2 bridgehead atoms. The first-order chi connectivity index (χ1) is 18.6. The normalized spacial score (nSPS) is 40.5. The fourth-order valence-corrected chi connectivity index (χ4v) is 7.27. The van der Waals surface area contributed by atoms with Crippen molar-refractivity contribution in [2.45, 2.75) is 85.2 Å². The molecule has 0 amide bonds. The van der Waals surface area contributed by atoms with Gasteiger partial charge in [0.1, 0.15) is 18.3 Å². The fourth-order valence-electron chi connectivity index (χ4n) is 7.27. The lowest BCUT2D eigenvalue weighted by molar-refractivity contribution is -0.202. The van der Waals surface area contributed by atoms with E-state index in [1.165, 1.54) is 6.92 Å². The lowest BCUT2D eigenvalue weighted by atomic mass is 9.59. The van der Waals surface area contributed by atoms with Crippen LogP contribution in [0.2, 0.25) is 0 Å². The predicted octanol–water partition coefficient (Wildman–Crippen LogP) is 3.15. The van der Waals surface area contributed by atoms with Crippen LogP contribution in [0.3, 0.4) is 0 Å². The van der Waals surface area contributed by atoms with Crippen LogP contribution in [-0.4, -0.2) is 63.9 Å². The molecule has 9 atom stereocenters. The van der Waals surface area contributed by atoms with Crippen LogP contribution in [0.1, 0.15) is 61.8 Å². The van der Waals surface area contributed by atoms with Crippen LogP contribution >= 0.6 is 0 Å². The molecule has 0 aromatic heterocycles. The minimum Gasteiger partial charge on any atom is -0.461 e. The Morgan fingerprint density at radius 1 is 1.10 bits per heavy atom. The van der Waals surface area contributed by atoms with E-state index in [0.717, 1.165) is 0 Å². The first kappa shape index (κ1) is 29.9. The van der Waals surface area contributed by atoms with Crippen LogP contribution in [0.25, 0.3) is 0 Å². The van der Waals surface area contributed by atoms with Crippen molar-refractivity contribution < 1.29 is 43.6 Å². The van der Waals surface area contributed by atoms with E-state index >= 15 is 0 Å². The van der Waals surface area contributed by atoms with Crippen molar-refractivity contribution in [1.82, 2.24) is 0 Å². The molecule has 9 nitrogen and oxygen atoms in total. The number of carbonyl (C=O) groups is 4. The second-order valence-electron chi connectivity index (χ2n) is 12.0. The maximum absolute atomic E-state index is 14.7. The van der Waals surface area contributed by atoms with Gasteiger partial charge in [-0.15, -0.1) is 0 Å². The third-order valence-electron chi connectivity index (χ3n) is 9.79. The lowest BCUT2D eigenvalue weighted by Crippen LogP contribution is -2.66. The van der Waals surface area contributed by atoms with Gasteiger partial charge in [0.15, 0.2) is 17.5 Å². The van der Waals surface area contributed by atoms with Gasteiger partial charge < -0.3 is 24.4 Å². The van der Waals surface area contributed by atoms with Crippen LogP contribution in [0.15, 0.2) is 46.6 Å². The van der Waals surface area contributed by atoms with Crippen LogP contribution in [-0.2, 0) is 33.4 Å². The number of ether oxygens (including phenoxy) is 3. The molecular formula is C31H40O9. The number of Topliss-reactive ketones (excluding diaryl/α,β-unsaturated/α-hetero) is 1. The van der Waals surface area contributed by atoms with E-state index in [1.54, 1.807) is 58.9 Å². The van der Waals surface area contributed by atoms with Gasteiger partial charge in [-0.25, -0.2) is 9.59 Å². The molecule has 1 spiro atoms. The monoisotopic (exact) mass is 556 g/mol. The molecule has 0 saturated heterocycles. The van der Waals surface area contributed by atoms with Gasteiger partial charge in [-0.2, -0.15) is 0 Å². The molecule has 0 heterocycles. The van der Waals surface area contributed by atoms with Crippen LogP contribution in [0.4, 0.5) is 0 Å². The van der Waals surface area contributed by atoms with Gasteiger partial charge in [0.05, 0.1) is 5.41 Å². The van der Waals surface area contributed by atoms with Gasteiger partial charge in [0.2, 0.25) is 0 Å². The summed E-state index contributed by atoms with van der Waals surface area (Å²) in [6.45, 7) is 12.8. The number of aliphatic hydroxyl groups is 2. The molecule has 0 radical (unpaired) electrons.